The second-order valence-corrected chi connectivity index (χ2v) is 3.51. The highest BCUT2D eigenvalue weighted by Crippen LogP contribution is 2.21. The molecule has 0 saturated carbocycles. The van der Waals surface area contributed by atoms with Crippen molar-refractivity contribution in [2.24, 2.45) is 5.11 Å². The Hall–Kier alpha value is -1.64. The third kappa shape index (κ3) is 4.26. The van der Waals surface area contributed by atoms with Gasteiger partial charge in [0.1, 0.15) is 5.75 Å². The maximum Gasteiger partial charge on any atom is 0.120 e. The molecule has 4 nitrogen and oxygen atoms in total. The van der Waals surface area contributed by atoms with Crippen LogP contribution in [-0.2, 0) is 0 Å². The quantitative estimate of drug-likeness (QED) is 0.330. The first-order valence-electron chi connectivity index (χ1n) is 4.78. The average molecular weight is 238 g/mol. The average Bonchev–Trinajstić information content (AvgIpc) is 2.28. The van der Waals surface area contributed by atoms with E-state index in [1.807, 2.05) is 24.3 Å². The molecule has 0 N–H and O–H groups in total. The van der Waals surface area contributed by atoms with Gasteiger partial charge in [-0.2, -0.15) is 0 Å². The summed E-state index contributed by atoms with van der Waals surface area (Å²) in [5.41, 5.74) is 9.05. The van der Waals surface area contributed by atoms with Crippen molar-refractivity contribution in [2.45, 2.75) is 6.42 Å². The van der Waals surface area contributed by atoms with Gasteiger partial charge in [-0.05, 0) is 35.7 Å². The molecule has 0 aromatic heterocycles. The third-order valence-electron chi connectivity index (χ3n) is 1.90. The van der Waals surface area contributed by atoms with E-state index in [9.17, 15) is 0 Å². The van der Waals surface area contributed by atoms with Crippen LogP contribution in [0.15, 0.2) is 29.4 Å². The lowest BCUT2D eigenvalue weighted by Gasteiger charge is -2.02. The molecule has 5 heteroatoms. The number of ether oxygens (including phenoxy) is 1. The SMILES string of the molecule is COc1cc(Cl)cc(C=CCCN=[N+]=[N-])c1. The van der Waals surface area contributed by atoms with E-state index in [1.54, 1.807) is 13.2 Å². The number of nitrogens with zero attached hydrogens (tertiary/aromatic N) is 3. The number of hydrogen-bond acceptors (Lipinski definition) is 2. The van der Waals surface area contributed by atoms with Crippen LogP contribution in [0, 0.1) is 0 Å². The first-order chi connectivity index (χ1) is 7.76. The normalized spacial score (nSPS) is 10.1. The third-order valence-corrected chi connectivity index (χ3v) is 2.12. The van der Waals surface area contributed by atoms with Gasteiger partial charge in [-0.25, -0.2) is 0 Å². The molecule has 0 heterocycles. The summed E-state index contributed by atoms with van der Waals surface area (Å²) in [7, 11) is 1.60. The molecule has 0 aliphatic heterocycles. The Labute approximate surface area is 99.1 Å². The van der Waals surface area contributed by atoms with E-state index in [2.05, 4.69) is 10.0 Å². The van der Waals surface area contributed by atoms with Crippen LogP contribution in [0.1, 0.15) is 12.0 Å². The number of hydrogen-bond donors (Lipinski definition) is 0. The number of benzene rings is 1. The fraction of sp³-hybridized carbons (Fsp3) is 0.273. The van der Waals surface area contributed by atoms with E-state index in [0.717, 1.165) is 11.3 Å². The molecule has 0 spiro atoms. The first kappa shape index (κ1) is 12.4. The lowest BCUT2D eigenvalue weighted by Crippen LogP contribution is -1.83. The maximum absolute atomic E-state index is 8.09. The lowest BCUT2D eigenvalue weighted by molar-refractivity contribution is 0.415. The van der Waals surface area contributed by atoms with Gasteiger partial charge in [-0.15, -0.1) is 0 Å². The molecule has 0 saturated heterocycles. The van der Waals surface area contributed by atoms with Crippen molar-refractivity contribution < 1.29 is 4.74 Å². The van der Waals surface area contributed by atoms with E-state index >= 15 is 0 Å². The van der Waals surface area contributed by atoms with Gasteiger partial charge in [0, 0.05) is 16.5 Å². The van der Waals surface area contributed by atoms with Crippen molar-refractivity contribution in [3.05, 3.63) is 45.3 Å². The monoisotopic (exact) mass is 237 g/mol. The zero-order valence-corrected chi connectivity index (χ0v) is 9.68. The zero-order valence-electron chi connectivity index (χ0n) is 8.93. The highest BCUT2D eigenvalue weighted by molar-refractivity contribution is 6.30. The molecule has 1 aromatic carbocycles. The van der Waals surface area contributed by atoms with Gasteiger partial charge in [-0.3, -0.25) is 0 Å². The van der Waals surface area contributed by atoms with Gasteiger partial charge in [-0.1, -0.05) is 28.9 Å². The minimum absolute atomic E-state index is 0.463. The Balaban J connectivity index is 2.65. The molecular weight excluding hydrogens is 226 g/mol. The standard InChI is InChI=1S/C11H12ClN3O/c1-16-11-7-9(6-10(12)8-11)4-2-3-5-14-15-13/h2,4,6-8H,3,5H2,1H3. The predicted molar refractivity (Wildman–Crippen MR) is 65.7 cm³/mol. The van der Waals surface area contributed by atoms with E-state index in [-0.39, 0.29) is 0 Å². The van der Waals surface area contributed by atoms with Gasteiger partial charge < -0.3 is 4.74 Å². The van der Waals surface area contributed by atoms with Gasteiger partial charge in [0.05, 0.1) is 7.11 Å². The number of azide groups is 1. The second-order valence-electron chi connectivity index (χ2n) is 3.07. The molecule has 0 unspecified atom stereocenters. The van der Waals surface area contributed by atoms with Crippen molar-refractivity contribution in [1.82, 2.24) is 0 Å². The zero-order chi connectivity index (χ0) is 11.8. The molecule has 0 aliphatic rings. The van der Waals surface area contributed by atoms with Crippen molar-refractivity contribution in [3.63, 3.8) is 0 Å². The minimum Gasteiger partial charge on any atom is -0.497 e. The summed E-state index contributed by atoms with van der Waals surface area (Å²) < 4.78 is 5.10. The predicted octanol–water partition coefficient (Wildman–Crippen LogP) is 4.06. The second kappa shape index (κ2) is 6.77. The van der Waals surface area contributed by atoms with E-state index in [1.165, 1.54) is 0 Å². The molecule has 84 valence electrons. The summed E-state index contributed by atoms with van der Waals surface area (Å²) in [5.74, 6) is 0.724. The largest absolute Gasteiger partial charge is 0.497 e. The van der Waals surface area contributed by atoms with Gasteiger partial charge in [0.2, 0.25) is 0 Å². The Bertz CT molecular complexity index is 425. The molecule has 0 atom stereocenters. The maximum atomic E-state index is 8.09. The minimum atomic E-state index is 0.463. The van der Waals surface area contributed by atoms with Crippen LogP contribution < -0.4 is 4.74 Å². The summed E-state index contributed by atoms with van der Waals surface area (Å²) in [6.45, 7) is 0.463. The van der Waals surface area contributed by atoms with Gasteiger partial charge >= 0.3 is 0 Å². The Kier molecular flexibility index (Phi) is 5.26. The number of rotatable bonds is 5. The van der Waals surface area contributed by atoms with Gasteiger partial charge in [0.15, 0.2) is 0 Å². The van der Waals surface area contributed by atoms with Gasteiger partial charge in [0.25, 0.3) is 0 Å². The van der Waals surface area contributed by atoms with Crippen LogP contribution in [0.4, 0.5) is 0 Å². The number of halogens is 1. The fourth-order valence-corrected chi connectivity index (χ4v) is 1.43. The summed E-state index contributed by atoms with van der Waals surface area (Å²) >= 11 is 5.91. The highest BCUT2D eigenvalue weighted by Gasteiger charge is 1.96. The van der Waals surface area contributed by atoms with Crippen LogP contribution in [0.25, 0.3) is 16.5 Å². The molecule has 1 rings (SSSR count). The molecule has 0 amide bonds. The first-order valence-corrected chi connectivity index (χ1v) is 5.16. The smallest absolute Gasteiger partial charge is 0.120 e. The molecule has 16 heavy (non-hydrogen) atoms. The van der Waals surface area contributed by atoms with E-state index in [4.69, 9.17) is 21.9 Å². The van der Waals surface area contributed by atoms with Crippen LogP contribution in [-0.4, -0.2) is 13.7 Å². The highest BCUT2D eigenvalue weighted by atomic mass is 35.5. The van der Waals surface area contributed by atoms with E-state index < -0.39 is 0 Å². The van der Waals surface area contributed by atoms with Crippen LogP contribution >= 0.6 is 11.6 Å². The van der Waals surface area contributed by atoms with Crippen LogP contribution in [0.2, 0.25) is 5.02 Å². The van der Waals surface area contributed by atoms with Crippen molar-refractivity contribution in [1.29, 1.82) is 0 Å². The Morgan fingerprint density at radius 2 is 2.31 bits per heavy atom. The summed E-state index contributed by atoms with van der Waals surface area (Å²) in [5, 5.41) is 4.07. The molecular formula is C11H12ClN3O. The summed E-state index contributed by atoms with van der Waals surface area (Å²) in [6, 6.07) is 5.48. The summed E-state index contributed by atoms with van der Waals surface area (Å²) in [4.78, 5) is 2.67. The van der Waals surface area contributed by atoms with Crippen molar-refractivity contribution >= 4 is 17.7 Å². The fourth-order valence-electron chi connectivity index (χ4n) is 1.19. The topological polar surface area (TPSA) is 58.0 Å². The van der Waals surface area contributed by atoms with Crippen molar-refractivity contribution in [3.8, 4) is 5.75 Å². The van der Waals surface area contributed by atoms with Crippen LogP contribution in [0.5, 0.6) is 5.75 Å². The van der Waals surface area contributed by atoms with E-state index in [0.29, 0.717) is 18.0 Å². The summed E-state index contributed by atoms with van der Waals surface area (Å²) in [6.07, 6.45) is 4.56. The molecule has 0 bridgehead atoms. The Morgan fingerprint density at radius 1 is 1.50 bits per heavy atom. The van der Waals surface area contributed by atoms with Crippen molar-refractivity contribution in [2.75, 3.05) is 13.7 Å². The molecule has 0 aliphatic carbocycles. The molecule has 0 radical (unpaired) electrons. The molecule has 0 fully saturated rings. The Morgan fingerprint density at radius 3 is 3.00 bits per heavy atom. The van der Waals surface area contributed by atoms with Crippen LogP contribution in [0.3, 0.4) is 0 Å². The number of methoxy groups -OCH3 is 1. The molecule has 1 aromatic rings. The lowest BCUT2D eigenvalue weighted by atomic mass is 10.2.